The summed E-state index contributed by atoms with van der Waals surface area (Å²) in [5.41, 5.74) is 0.973. The first-order valence-corrected chi connectivity index (χ1v) is 21.1. The summed E-state index contributed by atoms with van der Waals surface area (Å²) >= 11 is 1.75. The van der Waals surface area contributed by atoms with Crippen molar-refractivity contribution in [3.8, 4) is 5.75 Å². The Morgan fingerprint density at radius 3 is 2.31 bits per heavy atom. The molecule has 0 saturated carbocycles. The second kappa shape index (κ2) is 22.1. The SMILES string of the molecule is CC(=O)Nc1cc(C)cc2cc(SOOO)c(N=Nc3cc(Nc4nc(Nc5cccc(SOC(=O)CSOOO)c5)nc(N5CCOCC5)n4)ccc3S(=O)(=O)O)c(O)c12.O. The Bertz CT molecular complexity index is 2550. The van der Waals surface area contributed by atoms with Crippen LogP contribution in [0.3, 0.4) is 0 Å². The summed E-state index contributed by atoms with van der Waals surface area (Å²) in [6, 6.07) is 15.2. The second-order valence-corrected chi connectivity index (χ2v) is 15.9. The lowest BCUT2D eigenvalue weighted by atomic mass is 10.0. The van der Waals surface area contributed by atoms with Gasteiger partial charge in [0.15, 0.2) is 5.75 Å². The number of anilines is 6. The van der Waals surface area contributed by atoms with Gasteiger partial charge in [0, 0.05) is 48.8 Å². The summed E-state index contributed by atoms with van der Waals surface area (Å²) in [4.78, 5) is 39.4. The number of morpholine rings is 1. The number of aromatic hydroxyl groups is 1. The van der Waals surface area contributed by atoms with Crippen LogP contribution in [0.4, 0.5) is 46.3 Å². The highest BCUT2D eigenvalue weighted by atomic mass is 32.2. The average molecular weight is 938 g/mol. The summed E-state index contributed by atoms with van der Waals surface area (Å²) in [6.07, 6.45) is 0. The van der Waals surface area contributed by atoms with E-state index < -0.39 is 38.3 Å². The molecule has 2 heterocycles. The molecule has 0 bridgehead atoms. The van der Waals surface area contributed by atoms with Gasteiger partial charge in [0.25, 0.3) is 10.1 Å². The third-order valence-corrected chi connectivity index (χ3v) is 10.8. The zero-order valence-electron chi connectivity index (χ0n) is 32.0. The molecule has 1 aliphatic rings. The number of carbonyl (C=O) groups is 2. The smallest absolute Gasteiger partial charge is 0.330 e. The van der Waals surface area contributed by atoms with E-state index in [4.69, 9.17) is 19.4 Å². The first-order valence-electron chi connectivity index (χ1n) is 17.3. The van der Waals surface area contributed by atoms with Crippen LogP contribution in [0, 0.1) is 6.92 Å². The standard InChI is InChI=1S/C34H33N9O14S4.H2O/c1-18-12-20-14-26(60-57-55-48)30(31(46)29(20)25(13-18)35-19(2)44)42-41-24-16-22(6-7-27(24)61(49,50)51)37-33-38-32(39-34(40-33)43-8-10-52-11-9-43)36-21-4-3-5-23(15-21)59-53-28(45)17-58-56-54-47;/h3-7,12-16,46-48H,8-11,17H2,1-2H3,(H,35,44)(H,49,50,51)(H2,36,37,38,39,40);1H2. The zero-order chi connectivity index (χ0) is 43.5. The molecule has 0 unspecified atom stereocenters. The van der Waals surface area contributed by atoms with Crippen molar-refractivity contribution in [3.63, 3.8) is 0 Å². The number of rotatable bonds is 18. The van der Waals surface area contributed by atoms with Gasteiger partial charge < -0.3 is 40.4 Å². The maximum atomic E-state index is 12.5. The lowest BCUT2D eigenvalue weighted by molar-refractivity contribution is -0.432. The molecule has 0 aliphatic carbocycles. The number of amides is 1. The molecule has 1 aromatic heterocycles. The van der Waals surface area contributed by atoms with Crippen LogP contribution < -0.4 is 20.9 Å². The molecule has 0 spiro atoms. The van der Waals surface area contributed by atoms with E-state index in [-0.39, 0.29) is 56.4 Å². The van der Waals surface area contributed by atoms with Crippen molar-refractivity contribution in [1.29, 1.82) is 0 Å². The van der Waals surface area contributed by atoms with E-state index >= 15 is 0 Å². The van der Waals surface area contributed by atoms with E-state index in [2.05, 4.69) is 59.9 Å². The Morgan fingerprint density at radius 1 is 0.919 bits per heavy atom. The van der Waals surface area contributed by atoms with Gasteiger partial charge in [0.1, 0.15) is 22.0 Å². The maximum absolute atomic E-state index is 12.5. The number of hydrogen-bond donors (Lipinski definition) is 7. The van der Waals surface area contributed by atoms with Gasteiger partial charge in [-0.25, -0.2) is 10.5 Å². The van der Waals surface area contributed by atoms with Gasteiger partial charge in [-0.15, -0.1) is 18.9 Å². The fourth-order valence-corrected chi connectivity index (χ4v) is 7.59. The van der Waals surface area contributed by atoms with E-state index in [9.17, 15) is 27.7 Å². The van der Waals surface area contributed by atoms with Gasteiger partial charge in [-0.1, -0.05) is 22.2 Å². The number of nitrogens with one attached hydrogen (secondary N) is 3. The number of carbonyl (C=O) groups excluding carboxylic acids is 2. The largest absolute Gasteiger partial charge is 0.505 e. The number of azo groups is 1. The van der Waals surface area contributed by atoms with Crippen LogP contribution in [0.2, 0.25) is 0 Å². The summed E-state index contributed by atoms with van der Waals surface area (Å²) in [5.74, 6) is -1.48. The molecular formula is C34H35N9O15S4. The van der Waals surface area contributed by atoms with Crippen LogP contribution in [0.5, 0.6) is 5.75 Å². The van der Waals surface area contributed by atoms with Crippen LogP contribution in [0.15, 0.2) is 85.6 Å². The third-order valence-electron chi connectivity index (χ3n) is 8.00. The fourth-order valence-electron chi connectivity index (χ4n) is 5.61. The lowest BCUT2D eigenvalue weighted by Crippen LogP contribution is -2.37. The Hall–Kier alpha value is -5.47. The highest BCUT2D eigenvalue weighted by molar-refractivity contribution is 7.96. The average Bonchev–Trinajstić information content (AvgIpc) is 3.21. The highest BCUT2D eigenvalue weighted by Crippen LogP contribution is 2.47. The Labute approximate surface area is 363 Å². The minimum absolute atomic E-state index is 0. The monoisotopic (exact) mass is 937 g/mol. The van der Waals surface area contributed by atoms with E-state index in [1.54, 1.807) is 43.3 Å². The van der Waals surface area contributed by atoms with Crippen molar-refractivity contribution in [2.75, 3.05) is 52.9 Å². The number of nitrogens with zero attached hydrogens (tertiary/aromatic N) is 6. The van der Waals surface area contributed by atoms with E-state index in [1.807, 2.05) is 4.90 Å². The van der Waals surface area contributed by atoms with E-state index in [0.29, 0.717) is 66.4 Å². The number of phenols is 1. The molecular weight excluding hydrogens is 903 g/mol. The molecule has 9 N–H and O–H groups in total. The Balaban J connectivity index is 0.00000726. The fraction of sp³-hybridized carbons (Fsp3) is 0.206. The number of aryl methyl sites for hydroxylation is 1. The van der Waals surface area contributed by atoms with Crippen LogP contribution >= 0.6 is 36.1 Å². The van der Waals surface area contributed by atoms with Crippen molar-refractivity contribution in [2.45, 2.75) is 28.5 Å². The summed E-state index contributed by atoms with van der Waals surface area (Å²) in [6.45, 7) is 4.81. The van der Waals surface area contributed by atoms with Crippen molar-refractivity contribution < 1.29 is 71.3 Å². The van der Waals surface area contributed by atoms with Crippen LogP contribution in [-0.4, -0.2) is 93.0 Å². The molecule has 1 fully saturated rings. The number of hydrogen-bond acceptors (Lipinski definition) is 24. The van der Waals surface area contributed by atoms with Crippen molar-refractivity contribution >= 4 is 115 Å². The maximum Gasteiger partial charge on any atom is 0.330 e. The molecule has 0 atom stereocenters. The zero-order valence-corrected chi connectivity index (χ0v) is 35.3. The van der Waals surface area contributed by atoms with Crippen molar-refractivity contribution in [2.24, 2.45) is 10.2 Å². The van der Waals surface area contributed by atoms with Crippen LogP contribution in [-0.2, 0) is 47.4 Å². The normalized spacial score (nSPS) is 12.9. The minimum atomic E-state index is -4.90. The second-order valence-electron chi connectivity index (χ2n) is 12.4. The molecule has 330 valence electrons. The van der Waals surface area contributed by atoms with Gasteiger partial charge in [-0.3, -0.25) is 14.1 Å². The number of ether oxygens (including phenoxy) is 1. The van der Waals surface area contributed by atoms with Crippen molar-refractivity contribution in [3.05, 3.63) is 66.2 Å². The summed E-state index contributed by atoms with van der Waals surface area (Å²) < 4.78 is 54.6. The first-order chi connectivity index (χ1) is 29.3. The topological polar surface area (TPSA) is 339 Å². The minimum Gasteiger partial charge on any atom is -0.505 e. The van der Waals surface area contributed by atoms with Crippen LogP contribution in [0.1, 0.15) is 12.5 Å². The molecule has 5 aromatic rings. The van der Waals surface area contributed by atoms with Gasteiger partial charge in [-0.2, -0.15) is 23.4 Å². The summed E-state index contributed by atoms with van der Waals surface area (Å²) in [5, 5.41) is 53.4. The molecule has 62 heavy (non-hydrogen) atoms. The molecule has 28 heteroatoms. The molecule has 0 radical (unpaired) electrons. The van der Waals surface area contributed by atoms with Gasteiger partial charge in [0.2, 0.25) is 23.8 Å². The summed E-state index contributed by atoms with van der Waals surface area (Å²) in [7, 11) is -4.90. The molecule has 4 aromatic carbocycles. The number of benzene rings is 4. The van der Waals surface area contributed by atoms with Gasteiger partial charge >= 0.3 is 5.97 Å². The first kappa shape index (κ1) is 47.6. The number of aromatic nitrogens is 3. The molecule has 1 aliphatic heterocycles. The molecule has 1 amide bonds. The third kappa shape index (κ3) is 12.8. The number of fused-ring (bicyclic) bond motifs is 1. The molecule has 1 saturated heterocycles. The Morgan fingerprint density at radius 2 is 1.63 bits per heavy atom. The Kier molecular flexibility index (Phi) is 16.9. The van der Waals surface area contributed by atoms with Gasteiger partial charge in [0.05, 0.1) is 52.8 Å². The number of phenolic OH excluding ortho intramolecular Hbond substituents is 1. The van der Waals surface area contributed by atoms with Crippen LogP contribution in [0.25, 0.3) is 10.8 Å². The lowest BCUT2D eigenvalue weighted by Gasteiger charge is -2.27. The van der Waals surface area contributed by atoms with E-state index in [1.165, 1.54) is 25.1 Å². The molecule has 6 rings (SSSR count). The highest BCUT2D eigenvalue weighted by Gasteiger charge is 2.22. The predicted molar refractivity (Wildman–Crippen MR) is 224 cm³/mol. The van der Waals surface area contributed by atoms with E-state index in [0.717, 1.165) is 23.7 Å². The molecule has 24 nitrogen and oxygen atoms in total. The predicted octanol–water partition coefficient (Wildman–Crippen LogP) is 6.21. The quantitative estimate of drug-likeness (QED) is 0.0128. The van der Waals surface area contributed by atoms with Gasteiger partial charge in [-0.05, 0) is 66.4 Å². The van der Waals surface area contributed by atoms with Crippen molar-refractivity contribution in [1.82, 2.24) is 15.0 Å².